The zero-order valence-electron chi connectivity index (χ0n) is 20.3. The number of methoxy groups -OCH3 is 1. The van der Waals surface area contributed by atoms with E-state index in [0.717, 1.165) is 44.3 Å². The number of hydrogen-bond acceptors (Lipinski definition) is 8. The van der Waals surface area contributed by atoms with Crippen LogP contribution in [0, 0.1) is 28.6 Å². The van der Waals surface area contributed by atoms with E-state index in [-0.39, 0.29) is 37.3 Å². The van der Waals surface area contributed by atoms with Crippen molar-refractivity contribution in [3.63, 3.8) is 0 Å². The average Bonchev–Trinajstić information content (AvgIpc) is 3.60. The predicted molar refractivity (Wildman–Crippen MR) is 119 cm³/mol. The lowest BCUT2D eigenvalue weighted by Crippen LogP contribution is -2.66. The van der Waals surface area contributed by atoms with Crippen LogP contribution >= 0.6 is 0 Å². The van der Waals surface area contributed by atoms with E-state index in [9.17, 15) is 0 Å². The third-order valence-corrected chi connectivity index (χ3v) is 10.6. The maximum atomic E-state index is 6.57. The molecule has 3 saturated carbocycles. The van der Waals surface area contributed by atoms with Crippen LogP contribution in [-0.2, 0) is 34.8 Å². The Morgan fingerprint density at radius 2 is 2.03 bits per heavy atom. The van der Waals surface area contributed by atoms with Gasteiger partial charge in [0.25, 0.3) is 0 Å². The summed E-state index contributed by atoms with van der Waals surface area (Å²) in [5.74, 6) is 1.52. The molecule has 0 N–H and O–H groups in total. The molecule has 0 aromatic carbocycles. The van der Waals surface area contributed by atoms with E-state index in [2.05, 4.69) is 25.1 Å². The standard InChI is InChI=1S/C26H35NO7/c1-23-9-16-11-27-34-20(16)8-17(23)4-5-18-19-6-7-25(26(33-15-31-25)12-29-14-32-26)24(19,2)10-21(22(18)23)30-13-28-3/h8,11,18-19,21-22H,4-7,9-10,12-15H2,1-3H3/t18?,19?,21?,22?,23-,24-,25?,26?/m0/s1. The molecule has 6 unspecified atom stereocenters. The van der Waals surface area contributed by atoms with Crippen molar-refractivity contribution in [2.75, 3.05) is 34.1 Å². The molecule has 0 radical (unpaired) electrons. The first-order valence-electron chi connectivity index (χ1n) is 12.7. The molecule has 186 valence electrons. The van der Waals surface area contributed by atoms with Crippen molar-refractivity contribution in [1.29, 1.82) is 0 Å². The summed E-state index contributed by atoms with van der Waals surface area (Å²) in [6.45, 7) is 6.06. The van der Waals surface area contributed by atoms with E-state index in [1.165, 1.54) is 11.1 Å². The van der Waals surface area contributed by atoms with E-state index in [1.54, 1.807) is 7.11 Å². The van der Waals surface area contributed by atoms with Crippen molar-refractivity contribution in [2.24, 2.45) is 28.6 Å². The fourth-order valence-electron chi connectivity index (χ4n) is 9.27. The maximum Gasteiger partial charge on any atom is 0.226 e. The summed E-state index contributed by atoms with van der Waals surface area (Å²) in [4.78, 5) is 0. The number of ether oxygens (including phenoxy) is 6. The van der Waals surface area contributed by atoms with Crippen molar-refractivity contribution < 1.29 is 32.9 Å². The maximum absolute atomic E-state index is 6.57. The van der Waals surface area contributed by atoms with Crippen molar-refractivity contribution >= 4 is 6.08 Å². The number of aromatic nitrogens is 1. The van der Waals surface area contributed by atoms with Crippen molar-refractivity contribution in [3.05, 3.63) is 23.1 Å². The second-order valence-corrected chi connectivity index (χ2v) is 11.7. The van der Waals surface area contributed by atoms with Gasteiger partial charge in [0.2, 0.25) is 5.79 Å². The van der Waals surface area contributed by atoms with Gasteiger partial charge in [0.15, 0.2) is 19.3 Å². The number of hydrogen-bond donors (Lipinski definition) is 0. The van der Waals surface area contributed by atoms with Gasteiger partial charge in [-0.15, -0.1) is 0 Å². The summed E-state index contributed by atoms with van der Waals surface area (Å²) in [5, 5.41) is 4.09. The monoisotopic (exact) mass is 473 g/mol. The van der Waals surface area contributed by atoms with Crippen molar-refractivity contribution in [1.82, 2.24) is 5.16 Å². The molecular formula is C26H35NO7. The van der Waals surface area contributed by atoms with Crippen LogP contribution in [0.4, 0.5) is 0 Å². The molecule has 2 saturated heterocycles. The zero-order chi connectivity index (χ0) is 23.2. The first kappa shape index (κ1) is 21.9. The highest BCUT2D eigenvalue weighted by Gasteiger charge is 2.77. The van der Waals surface area contributed by atoms with Crippen LogP contribution in [0.3, 0.4) is 0 Å². The summed E-state index contributed by atoms with van der Waals surface area (Å²) >= 11 is 0. The summed E-state index contributed by atoms with van der Waals surface area (Å²) in [5.41, 5.74) is 2.02. The normalized spacial score (nSPS) is 49.1. The fourth-order valence-corrected chi connectivity index (χ4v) is 9.27. The molecule has 7 rings (SSSR count). The van der Waals surface area contributed by atoms with Gasteiger partial charge in [-0.05, 0) is 67.8 Å². The van der Waals surface area contributed by atoms with Gasteiger partial charge in [-0.25, -0.2) is 0 Å². The van der Waals surface area contributed by atoms with Crippen molar-refractivity contribution in [3.8, 4) is 0 Å². The molecule has 4 aliphatic carbocycles. The van der Waals surface area contributed by atoms with Gasteiger partial charge in [-0.1, -0.05) is 24.6 Å². The van der Waals surface area contributed by atoms with Crippen LogP contribution in [-0.4, -0.2) is 56.7 Å². The lowest BCUT2D eigenvalue weighted by atomic mass is 9.45. The number of fused-ring (bicyclic) bond motifs is 8. The Hall–Kier alpha value is -1.29. The Kier molecular flexibility index (Phi) is 4.76. The lowest BCUT2D eigenvalue weighted by Gasteiger charge is -2.62. The van der Waals surface area contributed by atoms with Gasteiger partial charge in [0.05, 0.1) is 12.3 Å². The smallest absolute Gasteiger partial charge is 0.226 e. The summed E-state index contributed by atoms with van der Waals surface area (Å²) < 4.78 is 42.2. The molecule has 3 heterocycles. The Bertz CT molecular complexity index is 996. The minimum atomic E-state index is -0.818. The molecule has 8 nitrogen and oxygen atoms in total. The van der Waals surface area contributed by atoms with Gasteiger partial charge in [-0.2, -0.15) is 0 Å². The van der Waals surface area contributed by atoms with Gasteiger partial charge in [0.1, 0.15) is 19.0 Å². The molecule has 1 aromatic rings. The minimum absolute atomic E-state index is 0.00858. The van der Waals surface area contributed by atoms with Gasteiger partial charge in [0, 0.05) is 18.1 Å². The van der Waals surface area contributed by atoms with E-state index in [0.29, 0.717) is 24.4 Å². The molecular weight excluding hydrogens is 438 g/mol. The average molecular weight is 474 g/mol. The highest BCUT2D eigenvalue weighted by Crippen LogP contribution is 2.71. The van der Waals surface area contributed by atoms with E-state index in [4.69, 9.17) is 32.9 Å². The highest BCUT2D eigenvalue weighted by atomic mass is 16.9. The molecule has 2 aliphatic heterocycles. The topological polar surface area (TPSA) is 81.4 Å². The highest BCUT2D eigenvalue weighted by molar-refractivity contribution is 5.57. The minimum Gasteiger partial charge on any atom is -0.359 e. The molecule has 6 aliphatic rings. The Labute approximate surface area is 200 Å². The molecule has 34 heavy (non-hydrogen) atoms. The first-order valence-corrected chi connectivity index (χ1v) is 12.7. The number of nitrogens with zero attached hydrogens (tertiary/aromatic N) is 1. The van der Waals surface area contributed by atoms with E-state index < -0.39 is 11.4 Å². The van der Waals surface area contributed by atoms with Gasteiger partial charge < -0.3 is 32.9 Å². The Balaban J connectivity index is 1.31. The SMILES string of the molecule is COCOC1C[C@@]2(C)C(CCC23OCOC32COCO2)C2CCC3=Cc4oncc4C[C@]3(C)C12. The number of rotatable bonds is 3. The molecule has 0 amide bonds. The quantitative estimate of drug-likeness (QED) is 0.612. The van der Waals surface area contributed by atoms with Crippen LogP contribution in [0.2, 0.25) is 0 Å². The summed E-state index contributed by atoms with van der Waals surface area (Å²) in [6.07, 6.45) is 10.3. The van der Waals surface area contributed by atoms with Gasteiger partial charge in [-0.3, -0.25) is 0 Å². The lowest BCUT2D eigenvalue weighted by molar-refractivity contribution is -0.264. The fraction of sp³-hybridized carbons (Fsp3) is 0.808. The number of allylic oxidation sites excluding steroid dienone is 1. The van der Waals surface area contributed by atoms with Crippen LogP contribution in [0.25, 0.3) is 6.08 Å². The van der Waals surface area contributed by atoms with E-state index in [1.807, 2.05) is 6.20 Å². The van der Waals surface area contributed by atoms with Crippen LogP contribution in [0.5, 0.6) is 0 Å². The third-order valence-electron chi connectivity index (χ3n) is 10.6. The zero-order valence-corrected chi connectivity index (χ0v) is 20.3. The van der Waals surface area contributed by atoms with Gasteiger partial charge >= 0.3 is 0 Å². The Morgan fingerprint density at radius 1 is 1.15 bits per heavy atom. The molecule has 8 heteroatoms. The van der Waals surface area contributed by atoms with Crippen LogP contribution in [0.1, 0.15) is 57.3 Å². The molecule has 5 fully saturated rings. The summed E-state index contributed by atoms with van der Waals surface area (Å²) in [6, 6.07) is 0. The van der Waals surface area contributed by atoms with Crippen LogP contribution in [0.15, 0.2) is 16.3 Å². The largest absolute Gasteiger partial charge is 0.359 e. The molecule has 8 atom stereocenters. The first-order chi connectivity index (χ1) is 16.5. The second kappa shape index (κ2) is 7.37. The van der Waals surface area contributed by atoms with E-state index >= 15 is 0 Å². The summed E-state index contributed by atoms with van der Waals surface area (Å²) in [7, 11) is 1.70. The Morgan fingerprint density at radius 3 is 2.85 bits per heavy atom. The van der Waals surface area contributed by atoms with Crippen LogP contribution < -0.4 is 0 Å². The third kappa shape index (κ3) is 2.57. The molecule has 0 bridgehead atoms. The molecule has 2 spiro atoms. The molecule has 1 aromatic heterocycles. The second-order valence-electron chi connectivity index (χ2n) is 11.7. The predicted octanol–water partition coefficient (Wildman–Crippen LogP) is 3.90. The van der Waals surface area contributed by atoms with Crippen molar-refractivity contribution in [2.45, 2.75) is 69.9 Å².